The molecule has 0 aliphatic carbocycles. The van der Waals surface area contributed by atoms with Gasteiger partial charge < -0.3 is 10.2 Å². The van der Waals surface area contributed by atoms with Crippen LogP contribution in [0.25, 0.3) is 0 Å². The molecular formula is C14H22N4O2. The van der Waals surface area contributed by atoms with Gasteiger partial charge in [0.2, 0.25) is 5.82 Å². The number of rotatable bonds is 5. The molecule has 0 bridgehead atoms. The van der Waals surface area contributed by atoms with E-state index in [1.54, 1.807) is 12.1 Å². The standard InChI is InChI=1S/C14H22N4O2/c1-3-11-7-9-17(10-8-11)14-12(18(19)20)5-6-13(16-14)15-4-2/h5-6,11H,3-4,7-10H2,1-2H3,(H,15,16). The van der Waals surface area contributed by atoms with Gasteiger partial charge in [0.1, 0.15) is 5.82 Å². The molecule has 0 aromatic carbocycles. The molecule has 2 rings (SSSR count). The number of hydrogen-bond donors (Lipinski definition) is 1. The number of piperidine rings is 1. The molecule has 1 aromatic rings. The van der Waals surface area contributed by atoms with Gasteiger partial charge in [0, 0.05) is 25.7 Å². The molecule has 0 saturated carbocycles. The van der Waals surface area contributed by atoms with Gasteiger partial charge in [0.05, 0.1) is 4.92 Å². The third kappa shape index (κ3) is 3.18. The van der Waals surface area contributed by atoms with Crippen LogP contribution in [0.2, 0.25) is 0 Å². The van der Waals surface area contributed by atoms with E-state index in [1.165, 1.54) is 6.42 Å². The predicted octanol–water partition coefficient (Wildman–Crippen LogP) is 3.05. The molecule has 20 heavy (non-hydrogen) atoms. The van der Waals surface area contributed by atoms with Crippen molar-refractivity contribution in [2.75, 3.05) is 29.9 Å². The van der Waals surface area contributed by atoms with Crippen LogP contribution in [-0.2, 0) is 0 Å². The highest BCUT2D eigenvalue weighted by molar-refractivity contribution is 5.62. The normalized spacial score (nSPS) is 16.2. The van der Waals surface area contributed by atoms with Crippen molar-refractivity contribution in [3.8, 4) is 0 Å². The molecule has 1 saturated heterocycles. The smallest absolute Gasteiger partial charge is 0.311 e. The van der Waals surface area contributed by atoms with Gasteiger partial charge in [-0.3, -0.25) is 10.1 Å². The number of hydrogen-bond acceptors (Lipinski definition) is 5. The molecule has 1 aromatic heterocycles. The van der Waals surface area contributed by atoms with Crippen LogP contribution in [0.15, 0.2) is 12.1 Å². The van der Waals surface area contributed by atoms with Crippen LogP contribution in [0.3, 0.4) is 0 Å². The fourth-order valence-corrected chi connectivity index (χ4v) is 2.65. The first-order valence-electron chi connectivity index (χ1n) is 7.30. The summed E-state index contributed by atoms with van der Waals surface area (Å²) in [6.45, 7) is 6.63. The first-order valence-corrected chi connectivity index (χ1v) is 7.30. The monoisotopic (exact) mass is 278 g/mol. The van der Waals surface area contributed by atoms with E-state index in [0.717, 1.165) is 38.4 Å². The van der Waals surface area contributed by atoms with E-state index >= 15 is 0 Å². The second-order valence-corrected chi connectivity index (χ2v) is 5.17. The quantitative estimate of drug-likeness (QED) is 0.662. The van der Waals surface area contributed by atoms with E-state index in [1.807, 2.05) is 11.8 Å². The Balaban J connectivity index is 2.23. The Kier molecular flexibility index (Phi) is 4.76. The van der Waals surface area contributed by atoms with Gasteiger partial charge in [0.15, 0.2) is 0 Å². The van der Waals surface area contributed by atoms with Crippen molar-refractivity contribution >= 4 is 17.3 Å². The third-order valence-corrected chi connectivity index (χ3v) is 3.90. The lowest BCUT2D eigenvalue weighted by atomic mass is 9.94. The third-order valence-electron chi connectivity index (χ3n) is 3.90. The summed E-state index contributed by atoms with van der Waals surface area (Å²) in [6, 6.07) is 3.22. The fourth-order valence-electron chi connectivity index (χ4n) is 2.65. The highest BCUT2D eigenvalue weighted by atomic mass is 16.6. The van der Waals surface area contributed by atoms with Crippen molar-refractivity contribution in [1.82, 2.24) is 4.98 Å². The lowest BCUT2D eigenvalue weighted by molar-refractivity contribution is -0.384. The van der Waals surface area contributed by atoms with Crippen LogP contribution < -0.4 is 10.2 Å². The maximum absolute atomic E-state index is 11.2. The minimum atomic E-state index is -0.343. The van der Waals surface area contributed by atoms with Gasteiger partial charge in [-0.25, -0.2) is 4.98 Å². The van der Waals surface area contributed by atoms with Crippen LogP contribution in [0.4, 0.5) is 17.3 Å². The van der Waals surface area contributed by atoms with Gasteiger partial charge in [-0.2, -0.15) is 0 Å². The first-order chi connectivity index (χ1) is 9.65. The van der Waals surface area contributed by atoms with E-state index in [9.17, 15) is 10.1 Å². The van der Waals surface area contributed by atoms with Crippen LogP contribution >= 0.6 is 0 Å². The molecule has 0 radical (unpaired) electrons. The summed E-state index contributed by atoms with van der Waals surface area (Å²) in [5, 5.41) is 14.3. The average molecular weight is 278 g/mol. The Labute approximate surface area is 119 Å². The van der Waals surface area contributed by atoms with Crippen LogP contribution in [0.1, 0.15) is 33.1 Å². The molecule has 110 valence electrons. The molecular weight excluding hydrogens is 256 g/mol. The maximum atomic E-state index is 11.2. The first kappa shape index (κ1) is 14.6. The summed E-state index contributed by atoms with van der Waals surface area (Å²) in [5.74, 6) is 1.94. The Hall–Kier alpha value is -1.85. The molecule has 0 unspecified atom stereocenters. The second kappa shape index (κ2) is 6.54. The van der Waals surface area contributed by atoms with E-state index < -0.39 is 0 Å². The van der Waals surface area contributed by atoms with E-state index in [4.69, 9.17) is 0 Å². The zero-order valence-corrected chi connectivity index (χ0v) is 12.1. The van der Waals surface area contributed by atoms with Crippen molar-refractivity contribution in [1.29, 1.82) is 0 Å². The van der Waals surface area contributed by atoms with E-state index in [2.05, 4.69) is 17.2 Å². The van der Waals surface area contributed by atoms with Crippen molar-refractivity contribution in [3.05, 3.63) is 22.2 Å². The number of nitrogens with one attached hydrogen (secondary N) is 1. The molecule has 2 heterocycles. The summed E-state index contributed by atoms with van der Waals surface area (Å²) < 4.78 is 0. The van der Waals surface area contributed by atoms with Crippen LogP contribution in [-0.4, -0.2) is 29.5 Å². The fraction of sp³-hybridized carbons (Fsp3) is 0.643. The topological polar surface area (TPSA) is 71.3 Å². The minimum Gasteiger partial charge on any atom is -0.370 e. The summed E-state index contributed by atoms with van der Waals surface area (Å²) >= 11 is 0. The highest BCUT2D eigenvalue weighted by Crippen LogP contribution is 2.31. The SMILES string of the molecule is CCNc1ccc([N+](=O)[O-])c(N2CCC(CC)CC2)n1. The van der Waals surface area contributed by atoms with Crippen molar-refractivity contribution < 1.29 is 4.92 Å². The molecule has 1 aliphatic rings. The second-order valence-electron chi connectivity index (χ2n) is 5.17. The molecule has 0 amide bonds. The van der Waals surface area contributed by atoms with Gasteiger partial charge in [-0.1, -0.05) is 13.3 Å². The Morgan fingerprint density at radius 3 is 2.65 bits per heavy atom. The summed E-state index contributed by atoms with van der Waals surface area (Å²) in [7, 11) is 0. The predicted molar refractivity (Wildman–Crippen MR) is 80.3 cm³/mol. The zero-order valence-electron chi connectivity index (χ0n) is 12.1. The summed E-state index contributed by atoms with van der Waals surface area (Å²) in [5.41, 5.74) is 0.0987. The molecule has 1 aliphatic heterocycles. The van der Waals surface area contributed by atoms with Gasteiger partial charge in [-0.05, 0) is 31.7 Å². The number of pyridine rings is 1. The Bertz CT molecular complexity index is 470. The molecule has 0 spiro atoms. The van der Waals surface area contributed by atoms with E-state index in [0.29, 0.717) is 11.6 Å². The maximum Gasteiger partial charge on any atom is 0.311 e. The lowest BCUT2D eigenvalue weighted by Gasteiger charge is -2.32. The molecule has 0 atom stereocenters. The summed E-state index contributed by atoms with van der Waals surface area (Å²) in [4.78, 5) is 17.3. The lowest BCUT2D eigenvalue weighted by Crippen LogP contribution is -2.34. The zero-order chi connectivity index (χ0) is 14.5. The number of anilines is 2. The van der Waals surface area contributed by atoms with Gasteiger partial charge >= 0.3 is 5.69 Å². The van der Waals surface area contributed by atoms with Gasteiger partial charge in [0.25, 0.3) is 0 Å². The number of aromatic nitrogens is 1. The Morgan fingerprint density at radius 2 is 2.10 bits per heavy atom. The van der Waals surface area contributed by atoms with Crippen molar-refractivity contribution in [3.63, 3.8) is 0 Å². The molecule has 6 nitrogen and oxygen atoms in total. The molecule has 1 N–H and O–H groups in total. The molecule has 6 heteroatoms. The van der Waals surface area contributed by atoms with Crippen molar-refractivity contribution in [2.45, 2.75) is 33.1 Å². The highest BCUT2D eigenvalue weighted by Gasteiger charge is 2.25. The number of nitrogens with zero attached hydrogens (tertiary/aromatic N) is 3. The van der Waals surface area contributed by atoms with Crippen LogP contribution in [0.5, 0.6) is 0 Å². The summed E-state index contributed by atoms with van der Waals surface area (Å²) in [6.07, 6.45) is 3.35. The molecule has 1 fully saturated rings. The van der Waals surface area contributed by atoms with E-state index in [-0.39, 0.29) is 10.6 Å². The average Bonchev–Trinajstić information content (AvgIpc) is 2.47. The minimum absolute atomic E-state index is 0.0987. The largest absolute Gasteiger partial charge is 0.370 e. The van der Waals surface area contributed by atoms with Crippen LogP contribution in [0, 0.1) is 16.0 Å². The van der Waals surface area contributed by atoms with Crippen molar-refractivity contribution in [2.24, 2.45) is 5.92 Å². The number of nitro groups is 1. The van der Waals surface area contributed by atoms with Gasteiger partial charge in [-0.15, -0.1) is 0 Å². The Morgan fingerprint density at radius 1 is 1.40 bits per heavy atom.